The van der Waals surface area contributed by atoms with Crippen molar-refractivity contribution in [3.63, 3.8) is 0 Å². The van der Waals surface area contributed by atoms with E-state index < -0.39 is 0 Å². The summed E-state index contributed by atoms with van der Waals surface area (Å²) in [4.78, 5) is 12.8. The summed E-state index contributed by atoms with van der Waals surface area (Å²) >= 11 is 9.05. The molecule has 3 rings (SSSR count). The summed E-state index contributed by atoms with van der Waals surface area (Å²) < 4.78 is 1.17. The number of benzene rings is 1. The van der Waals surface area contributed by atoms with Crippen molar-refractivity contribution < 1.29 is 4.79 Å². The molecule has 5 heteroatoms. The summed E-state index contributed by atoms with van der Waals surface area (Å²) in [5.74, 6) is 0.0768. The molecule has 0 fully saturated rings. The number of nitrogens with one attached hydrogen (secondary N) is 1. The first-order chi connectivity index (χ1) is 9.04. The van der Waals surface area contributed by atoms with E-state index in [-0.39, 0.29) is 10.7 Å². The van der Waals surface area contributed by atoms with E-state index in [0.717, 1.165) is 11.3 Å². The first kappa shape index (κ1) is 13.3. The Kier molecular flexibility index (Phi) is 3.53. The Bertz CT molecular complexity index is 646. The largest absolute Gasteiger partial charge is 0.326 e. The van der Waals surface area contributed by atoms with Crippen LogP contribution in [-0.4, -0.2) is 5.91 Å². The van der Waals surface area contributed by atoms with Crippen LogP contribution < -0.4 is 5.32 Å². The molecule has 1 aliphatic rings. The molecule has 1 N–H and O–H groups in total. The second kappa shape index (κ2) is 5.04. The van der Waals surface area contributed by atoms with Gasteiger partial charge >= 0.3 is 0 Å². The van der Waals surface area contributed by atoms with Gasteiger partial charge in [-0.2, -0.15) is 0 Å². The zero-order valence-electron chi connectivity index (χ0n) is 10.2. The fourth-order valence-electron chi connectivity index (χ4n) is 2.18. The van der Waals surface area contributed by atoms with Gasteiger partial charge in [0, 0.05) is 10.6 Å². The van der Waals surface area contributed by atoms with Crippen LogP contribution in [0, 0.1) is 6.92 Å². The Morgan fingerprint density at radius 3 is 2.84 bits per heavy atom. The minimum absolute atomic E-state index is 0.0768. The van der Waals surface area contributed by atoms with E-state index in [1.807, 2.05) is 6.07 Å². The number of amides is 1. The van der Waals surface area contributed by atoms with Gasteiger partial charge in [-0.05, 0) is 51.7 Å². The molecule has 1 aliphatic heterocycles. The molecule has 2 nitrogen and oxygen atoms in total. The number of hydrogen-bond donors (Lipinski definition) is 1. The SMILES string of the molecule is Cc1cc(C(Br)c2ccc3c(c2)CC(=O)N3)sc1Br. The molecule has 1 amide bonds. The van der Waals surface area contributed by atoms with Crippen LogP contribution in [0.4, 0.5) is 5.69 Å². The minimum Gasteiger partial charge on any atom is -0.326 e. The van der Waals surface area contributed by atoms with E-state index >= 15 is 0 Å². The molecule has 0 radical (unpaired) electrons. The van der Waals surface area contributed by atoms with E-state index in [4.69, 9.17) is 0 Å². The zero-order chi connectivity index (χ0) is 13.6. The molecule has 1 atom stereocenters. The highest BCUT2D eigenvalue weighted by molar-refractivity contribution is 9.11. The Labute approximate surface area is 132 Å². The molecular weight excluding hydrogens is 390 g/mol. The van der Waals surface area contributed by atoms with Gasteiger partial charge in [0.1, 0.15) is 0 Å². The van der Waals surface area contributed by atoms with Crippen LogP contribution in [0.2, 0.25) is 0 Å². The molecule has 98 valence electrons. The van der Waals surface area contributed by atoms with E-state index in [9.17, 15) is 4.79 Å². The topological polar surface area (TPSA) is 29.1 Å². The Morgan fingerprint density at radius 1 is 1.37 bits per heavy atom. The predicted octanol–water partition coefficient (Wildman–Crippen LogP) is 4.80. The lowest BCUT2D eigenvalue weighted by molar-refractivity contribution is -0.115. The minimum atomic E-state index is 0.0768. The summed E-state index contributed by atoms with van der Waals surface area (Å²) in [7, 11) is 0. The number of carbonyl (C=O) groups excluding carboxylic acids is 1. The summed E-state index contributed by atoms with van der Waals surface area (Å²) in [6.45, 7) is 2.09. The van der Waals surface area contributed by atoms with Crippen molar-refractivity contribution in [1.82, 2.24) is 0 Å². The average Bonchev–Trinajstić information content (AvgIpc) is 2.90. The highest BCUT2D eigenvalue weighted by Gasteiger charge is 2.20. The van der Waals surface area contributed by atoms with Crippen LogP contribution in [0.3, 0.4) is 0 Å². The summed E-state index contributed by atoms with van der Waals surface area (Å²) in [5.41, 5.74) is 4.46. The monoisotopic (exact) mass is 399 g/mol. The number of rotatable bonds is 2. The Morgan fingerprint density at radius 2 is 2.16 bits per heavy atom. The maximum Gasteiger partial charge on any atom is 0.228 e. The molecule has 1 unspecified atom stereocenters. The van der Waals surface area contributed by atoms with Gasteiger partial charge in [0.05, 0.1) is 15.0 Å². The molecule has 1 aromatic heterocycles. The third-order valence-corrected chi connectivity index (χ3v) is 6.70. The number of anilines is 1. The van der Waals surface area contributed by atoms with Crippen LogP contribution >= 0.6 is 43.2 Å². The van der Waals surface area contributed by atoms with Gasteiger partial charge in [-0.1, -0.05) is 28.1 Å². The average molecular weight is 401 g/mol. The molecule has 0 spiro atoms. The van der Waals surface area contributed by atoms with E-state index in [1.54, 1.807) is 11.3 Å². The molecule has 0 saturated carbocycles. The highest BCUT2D eigenvalue weighted by atomic mass is 79.9. The number of aryl methyl sites for hydroxylation is 1. The Hall–Kier alpha value is -0.650. The van der Waals surface area contributed by atoms with Gasteiger partial charge in [-0.3, -0.25) is 4.79 Å². The number of alkyl halides is 1. The number of fused-ring (bicyclic) bond motifs is 1. The van der Waals surface area contributed by atoms with Crippen LogP contribution in [0.25, 0.3) is 0 Å². The van der Waals surface area contributed by atoms with Crippen molar-refractivity contribution in [2.75, 3.05) is 5.32 Å². The van der Waals surface area contributed by atoms with Crippen LogP contribution in [0.1, 0.15) is 26.4 Å². The van der Waals surface area contributed by atoms with Gasteiger partial charge in [0.2, 0.25) is 5.91 Å². The third-order valence-electron chi connectivity index (χ3n) is 3.17. The van der Waals surface area contributed by atoms with Crippen molar-refractivity contribution in [2.45, 2.75) is 18.2 Å². The Balaban J connectivity index is 1.94. The second-order valence-corrected chi connectivity index (χ2v) is 7.93. The molecule has 0 bridgehead atoms. The van der Waals surface area contributed by atoms with Crippen LogP contribution in [0.15, 0.2) is 28.1 Å². The third kappa shape index (κ3) is 2.51. The predicted molar refractivity (Wildman–Crippen MR) is 86.3 cm³/mol. The first-order valence-electron chi connectivity index (χ1n) is 5.87. The summed E-state index contributed by atoms with van der Waals surface area (Å²) in [6, 6.07) is 8.34. The molecule has 1 aromatic carbocycles. The second-order valence-electron chi connectivity index (χ2n) is 4.61. The van der Waals surface area contributed by atoms with E-state index in [1.165, 1.54) is 19.8 Å². The lowest BCUT2D eigenvalue weighted by Gasteiger charge is -2.09. The number of carbonyl (C=O) groups is 1. The normalized spacial score (nSPS) is 15.2. The zero-order valence-corrected chi connectivity index (χ0v) is 14.2. The molecule has 0 saturated heterocycles. The van der Waals surface area contributed by atoms with Crippen molar-refractivity contribution >= 4 is 54.8 Å². The maximum atomic E-state index is 11.4. The molecule has 19 heavy (non-hydrogen) atoms. The summed E-state index contributed by atoms with van der Waals surface area (Å²) in [6.07, 6.45) is 0.482. The molecule has 2 heterocycles. The van der Waals surface area contributed by atoms with Crippen molar-refractivity contribution in [3.05, 3.63) is 49.6 Å². The lowest BCUT2D eigenvalue weighted by atomic mass is 10.1. The van der Waals surface area contributed by atoms with Crippen LogP contribution in [0.5, 0.6) is 0 Å². The van der Waals surface area contributed by atoms with Gasteiger partial charge in [0.15, 0.2) is 0 Å². The maximum absolute atomic E-state index is 11.4. The fraction of sp³-hybridized carbons (Fsp3) is 0.214. The first-order valence-corrected chi connectivity index (χ1v) is 8.39. The van der Waals surface area contributed by atoms with Crippen molar-refractivity contribution in [2.24, 2.45) is 0 Å². The highest BCUT2D eigenvalue weighted by Crippen LogP contribution is 2.40. The van der Waals surface area contributed by atoms with Gasteiger partial charge in [-0.25, -0.2) is 0 Å². The molecule has 2 aromatic rings. The standard InChI is InChI=1S/C14H11Br2NOS/c1-7-4-11(19-14(7)16)13(15)8-2-3-10-9(5-8)6-12(18)17-10/h2-5,13H,6H2,1H3,(H,17,18). The van der Waals surface area contributed by atoms with E-state index in [0.29, 0.717) is 6.42 Å². The van der Waals surface area contributed by atoms with E-state index in [2.05, 4.69) is 62.3 Å². The quantitative estimate of drug-likeness (QED) is 0.720. The smallest absolute Gasteiger partial charge is 0.228 e. The fourth-order valence-corrected chi connectivity index (χ4v) is 4.45. The molecular formula is C14H11Br2NOS. The number of hydrogen-bond acceptors (Lipinski definition) is 2. The van der Waals surface area contributed by atoms with Crippen molar-refractivity contribution in [1.29, 1.82) is 0 Å². The number of thiophene rings is 1. The number of halogens is 2. The lowest BCUT2D eigenvalue weighted by Crippen LogP contribution is -2.03. The van der Waals surface area contributed by atoms with Gasteiger partial charge in [0.25, 0.3) is 0 Å². The summed E-state index contributed by atoms with van der Waals surface area (Å²) in [5, 5.41) is 2.86. The van der Waals surface area contributed by atoms with Crippen LogP contribution in [-0.2, 0) is 11.2 Å². The molecule has 0 aliphatic carbocycles. The van der Waals surface area contributed by atoms with Gasteiger partial charge < -0.3 is 5.32 Å². The van der Waals surface area contributed by atoms with Crippen molar-refractivity contribution in [3.8, 4) is 0 Å². The van der Waals surface area contributed by atoms with Gasteiger partial charge in [-0.15, -0.1) is 11.3 Å².